The molecule has 0 aromatic heterocycles. The van der Waals surface area contributed by atoms with Crippen molar-refractivity contribution in [2.45, 2.75) is 40.5 Å². The van der Waals surface area contributed by atoms with Crippen LogP contribution in [0.25, 0.3) is 0 Å². The highest BCUT2D eigenvalue weighted by atomic mass is 16.2. The average molecular weight is 316 g/mol. The van der Waals surface area contributed by atoms with Crippen molar-refractivity contribution in [2.75, 3.05) is 26.2 Å². The van der Waals surface area contributed by atoms with Crippen molar-refractivity contribution in [1.29, 1.82) is 0 Å². The Morgan fingerprint density at radius 3 is 2.26 bits per heavy atom. The molecule has 0 bridgehead atoms. The van der Waals surface area contributed by atoms with Crippen molar-refractivity contribution in [3.8, 4) is 0 Å². The fourth-order valence-corrected chi connectivity index (χ4v) is 3.34. The van der Waals surface area contributed by atoms with Crippen LogP contribution >= 0.6 is 0 Å². The van der Waals surface area contributed by atoms with Gasteiger partial charge < -0.3 is 9.80 Å². The molecule has 0 aliphatic carbocycles. The molecular formula is C19H28N2O2. The SMILES string of the molecule is CCN(CC)C(=O)N1CCC(C(=O)c2ccc(C)cc2C)CC1. The standard InChI is InChI=1S/C19H28N2O2/c1-5-20(6-2)19(23)21-11-9-16(10-12-21)18(22)17-8-7-14(3)13-15(17)4/h7-8,13,16H,5-6,9-12H2,1-4H3. The van der Waals surface area contributed by atoms with E-state index in [0.717, 1.165) is 37.1 Å². The second kappa shape index (κ2) is 7.62. The van der Waals surface area contributed by atoms with E-state index >= 15 is 0 Å². The quantitative estimate of drug-likeness (QED) is 0.795. The number of nitrogens with zero attached hydrogens (tertiary/aromatic N) is 2. The number of piperidine rings is 1. The topological polar surface area (TPSA) is 40.6 Å². The Kier molecular flexibility index (Phi) is 5.80. The summed E-state index contributed by atoms with van der Waals surface area (Å²) in [5.41, 5.74) is 3.07. The van der Waals surface area contributed by atoms with E-state index in [4.69, 9.17) is 0 Å². The van der Waals surface area contributed by atoms with E-state index in [-0.39, 0.29) is 17.7 Å². The Balaban J connectivity index is 1.98. The molecule has 1 aromatic rings. The lowest BCUT2D eigenvalue weighted by Crippen LogP contribution is -2.47. The highest BCUT2D eigenvalue weighted by Crippen LogP contribution is 2.24. The molecule has 1 aromatic carbocycles. The van der Waals surface area contributed by atoms with E-state index < -0.39 is 0 Å². The zero-order valence-corrected chi connectivity index (χ0v) is 14.8. The number of aryl methyl sites for hydroxylation is 2. The summed E-state index contributed by atoms with van der Waals surface area (Å²) < 4.78 is 0. The molecule has 1 saturated heterocycles. The zero-order valence-electron chi connectivity index (χ0n) is 14.8. The molecule has 2 amide bonds. The predicted octanol–water partition coefficient (Wildman–Crippen LogP) is 3.66. The van der Waals surface area contributed by atoms with Crippen LogP contribution in [0.15, 0.2) is 18.2 Å². The van der Waals surface area contributed by atoms with Crippen molar-refractivity contribution >= 4 is 11.8 Å². The first-order valence-corrected chi connectivity index (χ1v) is 8.63. The molecule has 0 atom stereocenters. The van der Waals surface area contributed by atoms with E-state index in [9.17, 15) is 9.59 Å². The minimum absolute atomic E-state index is 0.0390. The van der Waals surface area contributed by atoms with Crippen LogP contribution in [0.3, 0.4) is 0 Å². The minimum Gasteiger partial charge on any atom is -0.325 e. The summed E-state index contributed by atoms with van der Waals surface area (Å²) >= 11 is 0. The lowest BCUT2D eigenvalue weighted by molar-refractivity contribution is 0.0835. The van der Waals surface area contributed by atoms with Crippen molar-refractivity contribution < 1.29 is 9.59 Å². The summed E-state index contributed by atoms with van der Waals surface area (Å²) in [6.45, 7) is 10.9. The van der Waals surface area contributed by atoms with Gasteiger partial charge in [0, 0.05) is 37.7 Å². The third-order valence-electron chi connectivity index (χ3n) is 4.82. The summed E-state index contributed by atoms with van der Waals surface area (Å²) in [7, 11) is 0. The average Bonchev–Trinajstić information content (AvgIpc) is 2.55. The van der Waals surface area contributed by atoms with Gasteiger partial charge in [-0.1, -0.05) is 23.8 Å². The number of hydrogen-bond acceptors (Lipinski definition) is 2. The number of likely N-dealkylation sites (tertiary alicyclic amines) is 1. The maximum Gasteiger partial charge on any atom is 0.319 e. The van der Waals surface area contributed by atoms with Crippen molar-refractivity contribution in [3.05, 3.63) is 34.9 Å². The lowest BCUT2D eigenvalue weighted by Gasteiger charge is -2.34. The molecule has 23 heavy (non-hydrogen) atoms. The monoisotopic (exact) mass is 316 g/mol. The molecule has 4 nitrogen and oxygen atoms in total. The third-order valence-corrected chi connectivity index (χ3v) is 4.82. The third kappa shape index (κ3) is 3.92. The number of urea groups is 1. The van der Waals surface area contributed by atoms with Crippen molar-refractivity contribution in [1.82, 2.24) is 9.80 Å². The van der Waals surface area contributed by atoms with Gasteiger partial charge in [-0.3, -0.25) is 4.79 Å². The molecule has 1 fully saturated rings. The molecule has 4 heteroatoms. The number of carbonyl (C=O) groups excluding carboxylic acids is 2. The van der Waals surface area contributed by atoms with Gasteiger partial charge in [-0.2, -0.15) is 0 Å². The summed E-state index contributed by atoms with van der Waals surface area (Å²) in [5.74, 6) is 0.273. The maximum atomic E-state index is 12.7. The van der Waals surface area contributed by atoms with Crippen molar-refractivity contribution in [3.63, 3.8) is 0 Å². The van der Waals surface area contributed by atoms with E-state index in [2.05, 4.69) is 6.07 Å². The molecule has 1 heterocycles. The van der Waals surface area contributed by atoms with Gasteiger partial charge in [0.1, 0.15) is 0 Å². The molecule has 2 rings (SSSR count). The molecule has 126 valence electrons. The highest BCUT2D eigenvalue weighted by molar-refractivity contribution is 5.99. The van der Waals surface area contributed by atoms with E-state index in [1.165, 1.54) is 5.56 Å². The van der Waals surface area contributed by atoms with Crippen LogP contribution in [0.5, 0.6) is 0 Å². The van der Waals surface area contributed by atoms with Crippen molar-refractivity contribution in [2.24, 2.45) is 5.92 Å². The Morgan fingerprint density at radius 1 is 1.13 bits per heavy atom. The molecule has 0 saturated carbocycles. The van der Waals surface area contributed by atoms with Gasteiger partial charge in [0.05, 0.1) is 0 Å². The first-order valence-electron chi connectivity index (χ1n) is 8.63. The van der Waals surface area contributed by atoms with Gasteiger partial charge >= 0.3 is 6.03 Å². The van der Waals surface area contributed by atoms with E-state index in [1.807, 2.05) is 49.6 Å². The fourth-order valence-electron chi connectivity index (χ4n) is 3.34. The predicted molar refractivity (Wildman–Crippen MR) is 92.9 cm³/mol. The van der Waals surface area contributed by atoms with Gasteiger partial charge in [-0.25, -0.2) is 4.79 Å². The van der Waals surface area contributed by atoms with Gasteiger partial charge in [0.25, 0.3) is 0 Å². The molecule has 0 spiro atoms. The Bertz CT molecular complexity index is 571. The fraction of sp³-hybridized carbons (Fsp3) is 0.579. The van der Waals surface area contributed by atoms with Crippen LogP contribution in [0.4, 0.5) is 4.79 Å². The van der Waals surface area contributed by atoms with Gasteiger partial charge in [0.15, 0.2) is 5.78 Å². The minimum atomic E-state index is 0.0390. The number of rotatable bonds is 4. The number of ketones is 1. The van der Waals surface area contributed by atoms with Crippen LogP contribution in [-0.4, -0.2) is 47.8 Å². The second-order valence-corrected chi connectivity index (χ2v) is 6.40. The molecule has 1 aliphatic rings. The number of hydrogen-bond donors (Lipinski definition) is 0. The number of Topliss-reactive ketones (excluding diaryl/α,β-unsaturated/α-hetero) is 1. The van der Waals surface area contributed by atoms with E-state index in [1.54, 1.807) is 0 Å². The van der Waals surface area contributed by atoms with Crippen LogP contribution in [0.1, 0.15) is 48.2 Å². The Hall–Kier alpha value is -1.84. The largest absolute Gasteiger partial charge is 0.325 e. The van der Waals surface area contributed by atoms with Gasteiger partial charge in [0.2, 0.25) is 0 Å². The summed E-state index contributed by atoms with van der Waals surface area (Å²) in [6.07, 6.45) is 1.53. The van der Waals surface area contributed by atoms with Crippen LogP contribution in [0, 0.1) is 19.8 Å². The summed E-state index contributed by atoms with van der Waals surface area (Å²) in [6, 6.07) is 6.11. The van der Waals surface area contributed by atoms with Gasteiger partial charge in [-0.15, -0.1) is 0 Å². The van der Waals surface area contributed by atoms with Gasteiger partial charge in [-0.05, 0) is 46.1 Å². The normalized spacial score (nSPS) is 15.6. The van der Waals surface area contributed by atoms with E-state index in [0.29, 0.717) is 13.1 Å². The lowest BCUT2D eigenvalue weighted by atomic mass is 9.87. The smallest absolute Gasteiger partial charge is 0.319 e. The summed E-state index contributed by atoms with van der Waals surface area (Å²) in [4.78, 5) is 28.8. The van der Waals surface area contributed by atoms with Crippen LogP contribution in [-0.2, 0) is 0 Å². The van der Waals surface area contributed by atoms with Crippen LogP contribution < -0.4 is 0 Å². The first kappa shape index (κ1) is 17.5. The molecule has 0 radical (unpaired) electrons. The molecule has 0 N–H and O–H groups in total. The Morgan fingerprint density at radius 2 is 1.74 bits per heavy atom. The number of carbonyl (C=O) groups is 2. The molecular weight excluding hydrogens is 288 g/mol. The highest BCUT2D eigenvalue weighted by Gasteiger charge is 2.29. The Labute approximate surface area is 139 Å². The van der Waals surface area contributed by atoms with Crippen LogP contribution in [0.2, 0.25) is 0 Å². The summed E-state index contributed by atoms with van der Waals surface area (Å²) in [5, 5.41) is 0. The number of benzene rings is 1. The first-order chi connectivity index (χ1) is 11.0. The second-order valence-electron chi connectivity index (χ2n) is 6.40. The molecule has 1 aliphatic heterocycles. The number of amides is 2. The zero-order chi connectivity index (χ0) is 17.0. The molecule has 0 unspecified atom stereocenters. The maximum absolute atomic E-state index is 12.7.